The van der Waals surface area contributed by atoms with E-state index in [0.717, 1.165) is 34.5 Å². The van der Waals surface area contributed by atoms with Gasteiger partial charge in [-0.3, -0.25) is 0 Å². The standard InChI is InChI=1S/C13H15ClN2OS/c1-7-8(2)17-13(16-7)6-15-10-3-4-11-9(10)5-12(14)18-11/h5,10,15H,3-4,6H2,1-2H3. The Hall–Kier alpha value is -0.840. The molecule has 0 saturated heterocycles. The lowest BCUT2D eigenvalue weighted by Crippen LogP contribution is -2.18. The minimum Gasteiger partial charge on any atom is -0.444 e. The Labute approximate surface area is 115 Å². The first-order chi connectivity index (χ1) is 8.63. The first-order valence-corrected chi connectivity index (χ1v) is 7.27. The lowest BCUT2D eigenvalue weighted by molar-refractivity contribution is 0.423. The first-order valence-electron chi connectivity index (χ1n) is 6.08. The first kappa shape index (κ1) is 12.2. The van der Waals surface area contributed by atoms with Crippen LogP contribution in [0.1, 0.15) is 40.2 Å². The Kier molecular flexibility index (Phi) is 3.18. The molecule has 0 radical (unpaired) electrons. The summed E-state index contributed by atoms with van der Waals surface area (Å²) in [4.78, 5) is 5.79. The number of nitrogens with one attached hydrogen (secondary N) is 1. The summed E-state index contributed by atoms with van der Waals surface area (Å²) in [6.45, 7) is 4.58. The van der Waals surface area contributed by atoms with Gasteiger partial charge in [0.05, 0.1) is 16.6 Å². The second-order valence-electron chi connectivity index (χ2n) is 4.65. The van der Waals surface area contributed by atoms with Crippen LogP contribution in [0.2, 0.25) is 4.34 Å². The van der Waals surface area contributed by atoms with Gasteiger partial charge in [-0.15, -0.1) is 11.3 Å². The van der Waals surface area contributed by atoms with Gasteiger partial charge in [-0.05, 0) is 38.3 Å². The SMILES string of the molecule is Cc1nc(CNC2CCc3sc(Cl)cc32)oc1C. The highest BCUT2D eigenvalue weighted by Crippen LogP contribution is 2.39. The van der Waals surface area contributed by atoms with Crippen molar-refractivity contribution in [3.8, 4) is 0 Å². The predicted octanol–water partition coefficient (Wildman–Crippen LogP) is 3.78. The highest BCUT2D eigenvalue weighted by Gasteiger charge is 2.25. The van der Waals surface area contributed by atoms with Gasteiger partial charge in [-0.25, -0.2) is 4.98 Å². The topological polar surface area (TPSA) is 38.1 Å². The van der Waals surface area contributed by atoms with Gasteiger partial charge >= 0.3 is 0 Å². The maximum atomic E-state index is 6.04. The van der Waals surface area contributed by atoms with Crippen LogP contribution in [0.3, 0.4) is 0 Å². The van der Waals surface area contributed by atoms with Gasteiger partial charge in [0.25, 0.3) is 0 Å². The Morgan fingerprint density at radius 1 is 1.56 bits per heavy atom. The van der Waals surface area contributed by atoms with Crippen molar-refractivity contribution in [1.82, 2.24) is 10.3 Å². The molecule has 0 spiro atoms. The summed E-state index contributed by atoms with van der Waals surface area (Å²) in [5.41, 5.74) is 2.32. The molecule has 18 heavy (non-hydrogen) atoms. The van der Waals surface area contributed by atoms with Crippen LogP contribution >= 0.6 is 22.9 Å². The zero-order valence-electron chi connectivity index (χ0n) is 10.4. The van der Waals surface area contributed by atoms with Crippen LogP contribution in [-0.2, 0) is 13.0 Å². The third-order valence-corrected chi connectivity index (χ3v) is 4.76. The van der Waals surface area contributed by atoms with E-state index in [1.54, 1.807) is 11.3 Å². The molecule has 0 fully saturated rings. The lowest BCUT2D eigenvalue weighted by atomic mass is 10.2. The number of nitrogens with zero attached hydrogens (tertiary/aromatic N) is 1. The number of halogens is 1. The lowest BCUT2D eigenvalue weighted by Gasteiger charge is -2.10. The van der Waals surface area contributed by atoms with Gasteiger partial charge < -0.3 is 9.73 Å². The molecule has 1 aliphatic rings. The van der Waals surface area contributed by atoms with Gasteiger partial charge in [-0.2, -0.15) is 0 Å². The molecule has 2 aromatic rings. The molecule has 1 unspecified atom stereocenters. The van der Waals surface area contributed by atoms with Crippen molar-refractivity contribution in [3.05, 3.63) is 38.2 Å². The molecule has 1 aliphatic carbocycles. The number of oxazole rings is 1. The smallest absolute Gasteiger partial charge is 0.208 e. The third kappa shape index (κ3) is 2.20. The van der Waals surface area contributed by atoms with Crippen LogP contribution in [0, 0.1) is 13.8 Å². The van der Waals surface area contributed by atoms with Crippen LogP contribution in [0.15, 0.2) is 10.5 Å². The van der Waals surface area contributed by atoms with E-state index in [2.05, 4.69) is 16.4 Å². The van der Waals surface area contributed by atoms with Crippen molar-refractivity contribution in [1.29, 1.82) is 0 Å². The van der Waals surface area contributed by atoms with E-state index < -0.39 is 0 Å². The highest BCUT2D eigenvalue weighted by atomic mass is 35.5. The van der Waals surface area contributed by atoms with Crippen LogP contribution in [0.25, 0.3) is 0 Å². The van der Waals surface area contributed by atoms with Crippen molar-refractivity contribution in [2.75, 3.05) is 0 Å². The highest BCUT2D eigenvalue weighted by molar-refractivity contribution is 7.16. The van der Waals surface area contributed by atoms with Crippen LogP contribution in [0.4, 0.5) is 0 Å². The predicted molar refractivity (Wildman–Crippen MR) is 73.2 cm³/mol. The fourth-order valence-electron chi connectivity index (χ4n) is 2.37. The summed E-state index contributed by atoms with van der Waals surface area (Å²) < 4.78 is 6.45. The summed E-state index contributed by atoms with van der Waals surface area (Å²) in [5, 5.41) is 3.50. The molecule has 0 aromatic carbocycles. The zero-order valence-corrected chi connectivity index (χ0v) is 12.0. The normalized spacial score (nSPS) is 18.3. The van der Waals surface area contributed by atoms with Crippen molar-refractivity contribution in [3.63, 3.8) is 0 Å². The molecule has 96 valence electrons. The Morgan fingerprint density at radius 3 is 3.11 bits per heavy atom. The summed E-state index contributed by atoms with van der Waals surface area (Å²) >= 11 is 7.74. The molecule has 0 saturated carbocycles. The van der Waals surface area contributed by atoms with E-state index in [4.69, 9.17) is 16.0 Å². The second kappa shape index (κ2) is 4.68. The summed E-state index contributed by atoms with van der Waals surface area (Å²) in [7, 11) is 0. The molecule has 5 heteroatoms. The number of hydrogen-bond acceptors (Lipinski definition) is 4. The van der Waals surface area contributed by atoms with Crippen molar-refractivity contribution < 1.29 is 4.42 Å². The average Bonchev–Trinajstić information content (AvgIpc) is 2.93. The minimum atomic E-state index is 0.385. The Bertz CT molecular complexity index is 556. The van der Waals surface area contributed by atoms with Crippen LogP contribution < -0.4 is 5.32 Å². The summed E-state index contributed by atoms with van der Waals surface area (Å²) in [5.74, 6) is 1.66. The number of aryl methyl sites for hydroxylation is 3. The quantitative estimate of drug-likeness (QED) is 0.931. The van der Waals surface area contributed by atoms with E-state index in [1.807, 2.05) is 13.8 Å². The molecular weight excluding hydrogens is 268 g/mol. The number of rotatable bonds is 3. The van der Waals surface area contributed by atoms with Crippen molar-refractivity contribution in [2.45, 2.75) is 39.3 Å². The van der Waals surface area contributed by atoms with E-state index in [9.17, 15) is 0 Å². The van der Waals surface area contributed by atoms with Gasteiger partial charge in [0.15, 0.2) is 0 Å². The maximum Gasteiger partial charge on any atom is 0.208 e. The molecule has 3 nitrogen and oxygen atoms in total. The molecule has 2 heterocycles. The number of fused-ring (bicyclic) bond motifs is 1. The fraction of sp³-hybridized carbons (Fsp3) is 0.462. The molecular formula is C13H15ClN2OS. The van der Waals surface area contributed by atoms with E-state index in [-0.39, 0.29) is 0 Å². The summed E-state index contributed by atoms with van der Waals surface area (Å²) in [6, 6.07) is 2.47. The molecule has 1 atom stereocenters. The molecule has 0 aliphatic heterocycles. The largest absolute Gasteiger partial charge is 0.444 e. The van der Waals surface area contributed by atoms with Gasteiger partial charge in [0.2, 0.25) is 5.89 Å². The zero-order chi connectivity index (χ0) is 12.7. The Morgan fingerprint density at radius 2 is 2.39 bits per heavy atom. The number of hydrogen-bond donors (Lipinski definition) is 1. The van der Waals surface area contributed by atoms with Crippen molar-refractivity contribution in [2.24, 2.45) is 0 Å². The van der Waals surface area contributed by atoms with E-state index in [0.29, 0.717) is 12.6 Å². The van der Waals surface area contributed by atoms with Gasteiger partial charge in [0, 0.05) is 10.9 Å². The van der Waals surface area contributed by atoms with E-state index >= 15 is 0 Å². The average molecular weight is 283 g/mol. The molecule has 3 rings (SSSR count). The van der Waals surface area contributed by atoms with Crippen LogP contribution in [0.5, 0.6) is 0 Å². The third-order valence-electron chi connectivity index (χ3n) is 3.42. The molecule has 1 N–H and O–H groups in total. The van der Waals surface area contributed by atoms with Gasteiger partial charge in [0.1, 0.15) is 5.76 Å². The summed E-state index contributed by atoms with van der Waals surface area (Å²) in [6.07, 6.45) is 2.25. The van der Waals surface area contributed by atoms with E-state index in [1.165, 1.54) is 10.4 Å². The number of aromatic nitrogens is 1. The van der Waals surface area contributed by atoms with Crippen LogP contribution in [-0.4, -0.2) is 4.98 Å². The van der Waals surface area contributed by atoms with Crippen molar-refractivity contribution >= 4 is 22.9 Å². The maximum absolute atomic E-state index is 6.04. The fourth-order valence-corrected chi connectivity index (χ4v) is 3.72. The molecule has 2 aromatic heterocycles. The monoisotopic (exact) mass is 282 g/mol. The number of thiophene rings is 1. The molecule has 0 bridgehead atoms. The van der Waals surface area contributed by atoms with Gasteiger partial charge in [-0.1, -0.05) is 11.6 Å². The Balaban J connectivity index is 1.68. The molecule has 0 amide bonds. The minimum absolute atomic E-state index is 0.385. The second-order valence-corrected chi connectivity index (χ2v) is 6.42.